The number of aromatic nitrogens is 1. The Bertz CT molecular complexity index is 362. The quantitative estimate of drug-likeness (QED) is 0.846. The number of hydrogen-bond donors (Lipinski definition) is 1. The number of hydrogen-bond acceptors (Lipinski definition) is 3. The molecule has 0 amide bonds. The molecule has 1 fully saturated rings. The zero-order valence-corrected chi connectivity index (χ0v) is 10.2. The summed E-state index contributed by atoms with van der Waals surface area (Å²) < 4.78 is 0. The van der Waals surface area contributed by atoms with Gasteiger partial charge >= 0.3 is 0 Å². The molecule has 88 valence electrons. The van der Waals surface area contributed by atoms with Crippen LogP contribution in [0.2, 0.25) is 0 Å². The first-order valence-electron chi connectivity index (χ1n) is 6.15. The summed E-state index contributed by atoms with van der Waals surface area (Å²) >= 11 is 0. The van der Waals surface area contributed by atoms with Gasteiger partial charge < -0.3 is 10.6 Å². The van der Waals surface area contributed by atoms with E-state index in [1.165, 1.54) is 18.4 Å². The Morgan fingerprint density at radius 3 is 2.94 bits per heavy atom. The molecule has 1 aliphatic heterocycles. The molecule has 0 aromatic carbocycles. The Kier molecular flexibility index (Phi) is 3.44. The Morgan fingerprint density at radius 1 is 1.56 bits per heavy atom. The van der Waals surface area contributed by atoms with E-state index >= 15 is 0 Å². The summed E-state index contributed by atoms with van der Waals surface area (Å²) in [4.78, 5) is 6.95. The third kappa shape index (κ3) is 2.19. The first kappa shape index (κ1) is 11.4. The van der Waals surface area contributed by atoms with Gasteiger partial charge in [-0.15, -0.1) is 0 Å². The van der Waals surface area contributed by atoms with Crippen molar-refractivity contribution in [2.45, 2.75) is 33.2 Å². The summed E-state index contributed by atoms with van der Waals surface area (Å²) in [6, 6.07) is 2.15. The summed E-state index contributed by atoms with van der Waals surface area (Å²) in [6.45, 7) is 7.28. The Balaban J connectivity index is 2.15. The van der Waals surface area contributed by atoms with Crippen molar-refractivity contribution in [3.05, 3.63) is 23.4 Å². The van der Waals surface area contributed by atoms with Crippen LogP contribution in [0.5, 0.6) is 0 Å². The van der Waals surface area contributed by atoms with E-state index in [1.807, 2.05) is 6.20 Å². The number of anilines is 1. The molecule has 1 unspecified atom stereocenters. The van der Waals surface area contributed by atoms with E-state index in [2.05, 4.69) is 29.8 Å². The van der Waals surface area contributed by atoms with E-state index in [1.54, 1.807) is 0 Å². The highest BCUT2D eigenvalue weighted by atomic mass is 15.2. The predicted molar refractivity (Wildman–Crippen MR) is 67.5 cm³/mol. The normalized spacial score (nSPS) is 20.4. The molecule has 2 N–H and O–H groups in total. The van der Waals surface area contributed by atoms with Crippen molar-refractivity contribution in [2.75, 3.05) is 18.0 Å². The number of nitrogens with two attached hydrogens (primary N) is 1. The topological polar surface area (TPSA) is 42.2 Å². The lowest BCUT2D eigenvalue weighted by Gasteiger charge is -2.19. The molecule has 2 rings (SSSR count). The van der Waals surface area contributed by atoms with Crippen LogP contribution in [0.25, 0.3) is 0 Å². The number of pyridine rings is 1. The second-order valence-electron chi connectivity index (χ2n) is 4.70. The van der Waals surface area contributed by atoms with Gasteiger partial charge in [0.25, 0.3) is 0 Å². The van der Waals surface area contributed by atoms with Crippen LogP contribution in [0.1, 0.15) is 30.9 Å². The molecule has 1 aliphatic rings. The van der Waals surface area contributed by atoms with Gasteiger partial charge in [-0.1, -0.05) is 13.3 Å². The van der Waals surface area contributed by atoms with Gasteiger partial charge in [0.1, 0.15) is 5.82 Å². The monoisotopic (exact) mass is 219 g/mol. The molecule has 2 heterocycles. The van der Waals surface area contributed by atoms with Crippen molar-refractivity contribution >= 4 is 5.82 Å². The molecular weight excluding hydrogens is 198 g/mol. The molecule has 1 saturated heterocycles. The molecule has 0 spiro atoms. The average molecular weight is 219 g/mol. The maximum atomic E-state index is 5.61. The van der Waals surface area contributed by atoms with E-state index in [-0.39, 0.29) is 0 Å². The molecule has 1 aromatic heterocycles. The number of rotatable bonds is 3. The predicted octanol–water partition coefficient (Wildman–Crippen LogP) is 2.09. The molecule has 0 aliphatic carbocycles. The minimum Gasteiger partial charge on any atom is -0.356 e. The zero-order chi connectivity index (χ0) is 11.5. The van der Waals surface area contributed by atoms with Gasteiger partial charge in [-0.05, 0) is 36.5 Å². The fraction of sp³-hybridized carbons (Fsp3) is 0.615. The van der Waals surface area contributed by atoms with E-state index in [4.69, 9.17) is 5.73 Å². The molecule has 3 nitrogen and oxygen atoms in total. The average Bonchev–Trinajstić information content (AvgIpc) is 2.77. The summed E-state index contributed by atoms with van der Waals surface area (Å²) in [5.41, 5.74) is 7.98. The van der Waals surface area contributed by atoms with E-state index in [0.29, 0.717) is 6.54 Å². The third-order valence-corrected chi connectivity index (χ3v) is 3.51. The second-order valence-corrected chi connectivity index (χ2v) is 4.70. The first-order valence-corrected chi connectivity index (χ1v) is 6.15. The smallest absolute Gasteiger partial charge is 0.131 e. The summed E-state index contributed by atoms with van der Waals surface area (Å²) in [6.07, 6.45) is 4.48. The highest BCUT2D eigenvalue weighted by molar-refractivity contribution is 5.48. The molecular formula is C13H21N3. The Labute approximate surface area is 97.7 Å². The van der Waals surface area contributed by atoms with E-state index < -0.39 is 0 Å². The van der Waals surface area contributed by atoms with Crippen LogP contribution in [0.15, 0.2) is 12.3 Å². The third-order valence-electron chi connectivity index (χ3n) is 3.51. The van der Waals surface area contributed by atoms with Crippen LogP contribution >= 0.6 is 0 Å². The van der Waals surface area contributed by atoms with Crippen LogP contribution in [-0.4, -0.2) is 18.1 Å². The molecule has 3 heteroatoms. The molecule has 0 radical (unpaired) electrons. The molecule has 1 atom stereocenters. The SMILES string of the molecule is CCC1CCN(c2ncc(CN)cc2C)C1. The molecule has 0 saturated carbocycles. The van der Waals surface area contributed by atoms with Crippen molar-refractivity contribution in [1.29, 1.82) is 0 Å². The minimum atomic E-state index is 0.575. The van der Waals surface area contributed by atoms with E-state index in [9.17, 15) is 0 Å². The molecule has 16 heavy (non-hydrogen) atoms. The fourth-order valence-electron chi connectivity index (χ4n) is 2.43. The highest BCUT2D eigenvalue weighted by Gasteiger charge is 2.22. The molecule has 0 bridgehead atoms. The lowest BCUT2D eigenvalue weighted by atomic mass is 10.1. The fourth-order valence-corrected chi connectivity index (χ4v) is 2.43. The second kappa shape index (κ2) is 4.83. The Hall–Kier alpha value is -1.09. The van der Waals surface area contributed by atoms with Crippen molar-refractivity contribution in [3.8, 4) is 0 Å². The van der Waals surface area contributed by atoms with E-state index in [0.717, 1.165) is 30.4 Å². The van der Waals surface area contributed by atoms with Crippen molar-refractivity contribution in [2.24, 2.45) is 11.7 Å². The van der Waals surface area contributed by atoms with Crippen molar-refractivity contribution in [1.82, 2.24) is 4.98 Å². The van der Waals surface area contributed by atoms with Crippen LogP contribution in [0.4, 0.5) is 5.82 Å². The van der Waals surface area contributed by atoms with Crippen molar-refractivity contribution < 1.29 is 0 Å². The first-order chi connectivity index (χ1) is 7.74. The summed E-state index contributed by atoms with van der Waals surface area (Å²) in [7, 11) is 0. The van der Waals surface area contributed by atoms with Gasteiger partial charge in [0, 0.05) is 25.8 Å². The van der Waals surface area contributed by atoms with Gasteiger partial charge in [0.2, 0.25) is 0 Å². The van der Waals surface area contributed by atoms with Crippen LogP contribution in [-0.2, 0) is 6.54 Å². The Morgan fingerprint density at radius 2 is 2.38 bits per heavy atom. The highest BCUT2D eigenvalue weighted by Crippen LogP contribution is 2.26. The zero-order valence-electron chi connectivity index (χ0n) is 10.2. The summed E-state index contributed by atoms with van der Waals surface area (Å²) in [5.74, 6) is 1.99. The van der Waals surface area contributed by atoms with Crippen LogP contribution in [0, 0.1) is 12.8 Å². The maximum Gasteiger partial charge on any atom is 0.131 e. The lowest BCUT2D eigenvalue weighted by Crippen LogP contribution is -2.21. The lowest BCUT2D eigenvalue weighted by molar-refractivity contribution is 0.568. The van der Waals surface area contributed by atoms with Gasteiger partial charge in [-0.3, -0.25) is 0 Å². The maximum absolute atomic E-state index is 5.61. The summed E-state index contributed by atoms with van der Waals surface area (Å²) in [5, 5.41) is 0. The number of nitrogens with zero attached hydrogens (tertiary/aromatic N) is 2. The minimum absolute atomic E-state index is 0.575. The van der Waals surface area contributed by atoms with Gasteiger partial charge in [0.15, 0.2) is 0 Å². The van der Waals surface area contributed by atoms with Crippen LogP contribution in [0.3, 0.4) is 0 Å². The molecule has 1 aromatic rings. The van der Waals surface area contributed by atoms with Gasteiger partial charge in [-0.25, -0.2) is 4.98 Å². The van der Waals surface area contributed by atoms with Gasteiger partial charge in [0.05, 0.1) is 0 Å². The van der Waals surface area contributed by atoms with Crippen LogP contribution < -0.4 is 10.6 Å². The largest absolute Gasteiger partial charge is 0.356 e. The van der Waals surface area contributed by atoms with Gasteiger partial charge in [-0.2, -0.15) is 0 Å². The number of aryl methyl sites for hydroxylation is 1. The van der Waals surface area contributed by atoms with Crippen molar-refractivity contribution in [3.63, 3.8) is 0 Å². The standard InChI is InChI=1S/C13H21N3/c1-3-11-4-5-16(9-11)13-10(2)6-12(7-14)8-15-13/h6,8,11H,3-5,7,9,14H2,1-2H3.